The van der Waals surface area contributed by atoms with Crippen molar-refractivity contribution in [2.24, 2.45) is 5.92 Å². The van der Waals surface area contributed by atoms with Crippen molar-refractivity contribution in [3.05, 3.63) is 12.7 Å². The molecule has 0 aliphatic heterocycles. The second-order valence-corrected chi connectivity index (χ2v) is 5.43. The molecular formula is C13H23NO3. The van der Waals surface area contributed by atoms with Gasteiger partial charge in [0.05, 0.1) is 6.04 Å². The largest absolute Gasteiger partial charge is 0.444 e. The number of ketones is 1. The number of alkyl carbamates (subject to hydrolysis) is 1. The maximum Gasteiger partial charge on any atom is 0.408 e. The molecule has 1 N–H and O–H groups in total. The zero-order valence-corrected chi connectivity index (χ0v) is 11.4. The third kappa shape index (κ3) is 7.55. The molecule has 98 valence electrons. The Morgan fingerprint density at radius 1 is 1.35 bits per heavy atom. The van der Waals surface area contributed by atoms with E-state index in [9.17, 15) is 9.59 Å². The third-order valence-corrected chi connectivity index (χ3v) is 1.94. The van der Waals surface area contributed by atoms with Crippen molar-refractivity contribution in [3.63, 3.8) is 0 Å². The molecule has 0 aromatic carbocycles. The van der Waals surface area contributed by atoms with E-state index in [1.807, 2.05) is 13.8 Å². The molecule has 0 saturated carbocycles. The summed E-state index contributed by atoms with van der Waals surface area (Å²) in [6.45, 7) is 12.7. The molecule has 0 aliphatic rings. The maximum atomic E-state index is 11.6. The molecule has 17 heavy (non-hydrogen) atoms. The van der Waals surface area contributed by atoms with Crippen LogP contribution in [0, 0.1) is 5.92 Å². The number of rotatable bonds is 5. The molecule has 4 nitrogen and oxygen atoms in total. The first-order valence-electron chi connectivity index (χ1n) is 5.81. The molecule has 1 atom stereocenters. The van der Waals surface area contributed by atoms with Crippen molar-refractivity contribution in [2.75, 3.05) is 0 Å². The molecule has 0 aromatic rings. The van der Waals surface area contributed by atoms with Gasteiger partial charge in [0, 0.05) is 0 Å². The van der Waals surface area contributed by atoms with Gasteiger partial charge in [-0.1, -0.05) is 20.4 Å². The summed E-state index contributed by atoms with van der Waals surface area (Å²) in [6, 6.07) is -0.553. The summed E-state index contributed by atoms with van der Waals surface area (Å²) in [5.41, 5.74) is -0.566. The summed E-state index contributed by atoms with van der Waals surface area (Å²) in [5, 5.41) is 2.57. The van der Waals surface area contributed by atoms with Crippen LogP contribution < -0.4 is 5.32 Å². The van der Waals surface area contributed by atoms with Crippen LogP contribution in [0.15, 0.2) is 12.7 Å². The molecule has 0 spiro atoms. The summed E-state index contributed by atoms with van der Waals surface area (Å²) in [6.07, 6.45) is 1.23. The van der Waals surface area contributed by atoms with Crippen LogP contribution in [-0.2, 0) is 9.53 Å². The molecule has 0 fully saturated rings. The fourth-order valence-corrected chi connectivity index (χ4v) is 1.31. The molecule has 0 heterocycles. The number of carbonyl (C=O) groups is 2. The first-order chi connectivity index (χ1) is 7.65. The Balaban J connectivity index is 4.48. The first kappa shape index (κ1) is 15.7. The monoisotopic (exact) mass is 241 g/mol. The van der Waals surface area contributed by atoms with Crippen LogP contribution in [0.25, 0.3) is 0 Å². The SMILES string of the molecule is C=CC(=O)C(CC(C)C)NC(=O)OC(C)(C)C. The van der Waals surface area contributed by atoms with Gasteiger partial charge in [-0.2, -0.15) is 0 Å². The van der Waals surface area contributed by atoms with Crippen LogP contribution in [0.4, 0.5) is 4.79 Å². The van der Waals surface area contributed by atoms with E-state index in [0.717, 1.165) is 0 Å². The third-order valence-electron chi connectivity index (χ3n) is 1.94. The molecule has 0 rings (SSSR count). The Bertz CT molecular complexity index is 290. The summed E-state index contributed by atoms with van der Waals surface area (Å²) in [5.74, 6) is 0.114. The number of carbonyl (C=O) groups excluding carboxylic acids is 2. The minimum Gasteiger partial charge on any atom is -0.444 e. The van der Waals surface area contributed by atoms with Crippen molar-refractivity contribution >= 4 is 11.9 Å². The Labute approximate surface area is 103 Å². The second-order valence-electron chi connectivity index (χ2n) is 5.43. The van der Waals surface area contributed by atoms with Gasteiger partial charge < -0.3 is 10.1 Å². The smallest absolute Gasteiger partial charge is 0.408 e. The van der Waals surface area contributed by atoms with E-state index in [1.54, 1.807) is 20.8 Å². The summed E-state index contributed by atoms with van der Waals surface area (Å²) in [4.78, 5) is 23.1. The normalized spacial score (nSPS) is 13.1. The van der Waals surface area contributed by atoms with Gasteiger partial charge >= 0.3 is 6.09 Å². The van der Waals surface area contributed by atoms with Crippen LogP contribution in [0.2, 0.25) is 0 Å². The zero-order chi connectivity index (χ0) is 13.6. The number of hydrogen-bond donors (Lipinski definition) is 1. The van der Waals surface area contributed by atoms with Gasteiger partial charge in [-0.3, -0.25) is 4.79 Å². The molecule has 0 aliphatic carbocycles. The topological polar surface area (TPSA) is 55.4 Å². The number of hydrogen-bond acceptors (Lipinski definition) is 3. The van der Waals surface area contributed by atoms with Crippen LogP contribution in [0.1, 0.15) is 41.0 Å². The van der Waals surface area contributed by atoms with E-state index in [1.165, 1.54) is 6.08 Å². The van der Waals surface area contributed by atoms with E-state index in [4.69, 9.17) is 4.74 Å². The summed E-state index contributed by atoms with van der Waals surface area (Å²) >= 11 is 0. The van der Waals surface area contributed by atoms with E-state index in [2.05, 4.69) is 11.9 Å². The van der Waals surface area contributed by atoms with Crippen molar-refractivity contribution < 1.29 is 14.3 Å². The highest BCUT2D eigenvalue weighted by molar-refractivity contribution is 5.95. The molecule has 0 aromatic heterocycles. The first-order valence-corrected chi connectivity index (χ1v) is 5.81. The Kier molecular flexibility index (Phi) is 5.93. The Morgan fingerprint density at radius 2 is 1.88 bits per heavy atom. The van der Waals surface area contributed by atoms with Gasteiger partial charge in [-0.05, 0) is 39.2 Å². The molecule has 1 unspecified atom stereocenters. The number of ether oxygens (including phenoxy) is 1. The molecule has 1 amide bonds. The minimum absolute atomic E-state index is 0.190. The van der Waals surface area contributed by atoms with Crippen LogP contribution >= 0.6 is 0 Å². The van der Waals surface area contributed by atoms with E-state index >= 15 is 0 Å². The highest BCUT2D eigenvalue weighted by Gasteiger charge is 2.23. The molecule has 0 bridgehead atoms. The number of amides is 1. The predicted molar refractivity (Wildman–Crippen MR) is 67.8 cm³/mol. The highest BCUT2D eigenvalue weighted by atomic mass is 16.6. The fourth-order valence-electron chi connectivity index (χ4n) is 1.31. The Morgan fingerprint density at radius 3 is 2.24 bits per heavy atom. The lowest BCUT2D eigenvalue weighted by Crippen LogP contribution is -2.43. The van der Waals surface area contributed by atoms with Crippen LogP contribution in [-0.4, -0.2) is 23.5 Å². The van der Waals surface area contributed by atoms with E-state index in [-0.39, 0.29) is 5.78 Å². The highest BCUT2D eigenvalue weighted by Crippen LogP contribution is 2.10. The van der Waals surface area contributed by atoms with E-state index in [0.29, 0.717) is 12.3 Å². The van der Waals surface area contributed by atoms with Gasteiger partial charge in [-0.25, -0.2) is 4.79 Å². The average molecular weight is 241 g/mol. The van der Waals surface area contributed by atoms with Gasteiger partial charge in [0.2, 0.25) is 0 Å². The lowest BCUT2D eigenvalue weighted by molar-refractivity contribution is -0.116. The molecule has 4 heteroatoms. The molecule has 0 radical (unpaired) electrons. The maximum absolute atomic E-state index is 11.6. The van der Waals surface area contributed by atoms with Gasteiger partial charge in [-0.15, -0.1) is 0 Å². The van der Waals surface area contributed by atoms with E-state index < -0.39 is 17.7 Å². The summed E-state index contributed by atoms with van der Waals surface area (Å²) in [7, 11) is 0. The van der Waals surface area contributed by atoms with Crippen LogP contribution in [0.3, 0.4) is 0 Å². The standard InChI is InChI=1S/C13H23NO3/c1-7-11(15)10(8-9(2)3)14-12(16)17-13(4,5)6/h7,9-10H,1,8H2,2-6H3,(H,14,16). The fraction of sp³-hybridized carbons (Fsp3) is 0.692. The predicted octanol–water partition coefficient (Wildman–Crippen LogP) is 2.68. The van der Waals surface area contributed by atoms with Crippen molar-refractivity contribution in [1.29, 1.82) is 0 Å². The lowest BCUT2D eigenvalue weighted by Gasteiger charge is -2.23. The van der Waals surface area contributed by atoms with Crippen LogP contribution in [0.5, 0.6) is 0 Å². The Hall–Kier alpha value is -1.32. The lowest BCUT2D eigenvalue weighted by atomic mass is 10.0. The molecular weight excluding hydrogens is 218 g/mol. The minimum atomic E-state index is -0.571. The van der Waals surface area contributed by atoms with Gasteiger partial charge in [0.25, 0.3) is 0 Å². The van der Waals surface area contributed by atoms with Crippen molar-refractivity contribution in [3.8, 4) is 0 Å². The zero-order valence-electron chi connectivity index (χ0n) is 11.4. The van der Waals surface area contributed by atoms with Crippen molar-refractivity contribution in [1.82, 2.24) is 5.32 Å². The number of nitrogens with one attached hydrogen (secondary N) is 1. The quantitative estimate of drug-likeness (QED) is 0.753. The molecule has 0 saturated heterocycles. The average Bonchev–Trinajstić information content (AvgIpc) is 2.11. The van der Waals surface area contributed by atoms with Gasteiger partial charge in [0.15, 0.2) is 5.78 Å². The van der Waals surface area contributed by atoms with Gasteiger partial charge in [0.1, 0.15) is 5.60 Å². The second kappa shape index (κ2) is 6.42. The van der Waals surface area contributed by atoms with Crippen molar-refractivity contribution in [2.45, 2.75) is 52.7 Å². The summed E-state index contributed by atoms with van der Waals surface area (Å²) < 4.78 is 5.11.